The van der Waals surface area contributed by atoms with Gasteiger partial charge in [0.2, 0.25) is 11.8 Å². The number of alkyl halides is 3. The Labute approximate surface area is 196 Å². The molecule has 0 radical (unpaired) electrons. The molecule has 0 bridgehead atoms. The van der Waals surface area contributed by atoms with Gasteiger partial charge in [-0.2, -0.15) is 13.2 Å². The van der Waals surface area contributed by atoms with Crippen LogP contribution in [0.15, 0.2) is 0 Å². The van der Waals surface area contributed by atoms with E-state index in [-0.39, 0.29) is 36.8 Å². The minimum Gasteiger partial charge on any atom is -0.350 e. The lowest BCUT2D eigenvalue weighted by Gasteiger charge is -2.33. The van der Waals surface area contributed by atoms with E-state index in [0.29, 0.717) is 6.42 Å². The first kappa shape index (κ1) is 25.8. The molecule has 0 unspecified atom stereocenters. The van der Waals surface area contributed by atoms with Crippen molar-refractivity contribution in [1.82, 2.24) is 20.4 Å². The van der Waals surface area contributed by atoms with Gasteiger partial charge in [0.25, 0.3) is 5.91 Å². The zero-order valence-electron chi connectivity index (χ0n) is 19.7. The molecular weight excluding hydrogens is 455 g/mol. The summed E-state index contributed by atoms with van der Waals surface area (Å²) in [6.45, 7) is 12.4. The number of nitrogens with one attached hydrogen (secondary N) is 2. The molecule has 4 atom stereocenters. The Balaban J connectivity index is 1.79. The van der Waals surface area contributed by atoms with Gasteiger partial charge < -0.3 is 15.5 Å². The molecule has 2 heterocycles. The number of amides is 4. The van der Waals surface area contributed by atoms with Gasteiger partial charge in [0.1, 0.15) is 12.1 Å². The van der Waals surface area contributed by atoms with E-state index in [0.717, 1.165) is 24.7 Å². The third kappa shape index (κ3) is 4.83. The molecule has 0 aromatic rings. The monoisotopic (exact) mass is 485 g/mol. The normalized spacial score (nSPS) is 26.9. The van der Waals surface area contributed by atoms with Crippen molar-refractivity contribution in [2.45, 2.75) is 82.8 Å². The summed E-state index contributed by atoms with van der Waals surface area (Å²) in [4.78, 5) is 56.4. The molecule has 3 rings (SSSR count). The molecule has 2 N–H and O–H groups in total. The highest BCUT2D eigenvalue weighted by Crippen LogP contribution is 2.54. The van der Waals surface area contributed by atoms with Crippen LogP contribution >= 0.6 is 0 Å². The maximum absolute atomic E-state index is 13.6. The number of carbonyl (C=O) groups is 4. The fourth-order valence-corrected chi connectivity index (χ4v) is 5.05. The summed E-state index contributed by atoms with van der Waals surface area (Å²) in [6.07, 6.45) is -3.32. The van der Waals surface area contributed by atoms with Crippen molar-refractivity contribution in [3.63, 3.8) is 0 Å². The van der Waals surface area contributed by atoms with Gasteiger partial charge in [-0.05, 0) is 38.5 Å². The van der Waals surface area contributed by atoms with Crippen LogP contribution in [0, 0.1) is 17.9 Å². The Kier molecular flexibility index (Phi) is 6.63. The van der Waals surface area contributed by atoms with Gasteiger partial charge in [-0.15, -0.1) is 0 Å². The van der Waals surface area contributed by atoms with E-state index >= 15 is 0 Å². The Morgan fingerprint density at radius 3 is 2.38 bits per heavy atom. The Morgan fingerprint density at radius 1 is 1.29 bits per heavy atom. The van der Waals surface area contributed by atoms with Crippen LogP contribution in [0.3, 0.4) is 0 Å². The van der Waals surface area contributed by atoms with Crippen LogP contribution in [-0.4, -0.2) is 77.0 Å². The minimum absolute atomic E-state index is 0.0586. The van der Waals surface area contributed by atoms with Gasteiger partial charge in [-0.3, -0.25) is 28.9 Å². The van der Waals surface area contributed by atoms with Crippen LogP contribution < -0.4 is 10.6 Å². The van der Waals surface area contributed by atoms with Crippen LogP contribution in [0.5, 0.6) is 0 Å². The Morgan fingerprint density at radius 2 is 1.91 bits per heavy atom. The number of halogens is 3. The predicted molar refractivity (Wildman–Crippen MR) is 114 cm³/mol. The second kappa shape index (κ2) is 8.74. The van der Waals surface area contributed by atoms with Crippen molar-refractivity contribution in [2.75, 3.05) is 13.6 Å². The van der Waals surface area contributed by atoms with Gasteiger partial charge >= 0.3 is 18.2 Å². The molecule has 4 amide bonds. The average molecular weight is 486 g/mol. The molecule has 12 heteroatoms. The Bertz CT molecular complexity index is 926. The Hall–Kier alpha value is -2.84. The van der Waals surface area contributed by atoms with Gasteiger partial charge in [0.15, 0.2) is 0 Å². The number of carbonyl (C=O) groups excluding carboxylic acids is 4. The van der Waals surface area contributed by atoms with Crippen molar-refractivity contribution >= 4 is 23.6 Å². The highest BCUT2D eigenvalue weighted by atomic mass is 19.4. The molecule has 9 nitrogen and oxygen atoms in total. The summed E-state index contributed by atoms with van der Waals surface area (Å²) in [5.41, 5.74) is -1.08. The third-order valence-electron chi connectivity index (χ3n) is 7.00. The molecule has 3 fully saturated rings. The molecule has 188 valence electrons. The number of hydrogen-bond acceptors (Lipinski definition) is 4. The summed E-state index contributed by atoms with van der Waals surface area (Å²) < 4.78 is 37.8. The number of likely N-dealkylation sites (tertiary alicyclic amines) is 1. The van der Waals surface area contributed by atoms with E-state index in [9.17, 15) is 32.3 Å². The summed E-state index contributed by atoms with van der Waals surface area (Å²) in [7, 11) is 1.30. The standard InChI is InChI=1S/C22H30F3N5O4/c1-12(2)8-14(29(5)16(31)13(3)27-19(34)22(23,24)25)17(32)30-11-20(9-15(30)26-4)10-21(6-7-21)28-18(20)33/h12-15H,6-11H2,1-3,5H3,(H,27,34)(H,28,33)/t13-,14-,15-,20+/m0/s1. The molecule has 34 heavy (non-hydrogen) atoms. The molecule has 0 aromatic carbocycles. The van der Waals surface area contributed by atoms with Crippen LogP contribution in [0.2, 0.25) is 0 Å². The van der Waals surface area contributed by atoms with Crippen LogP contribution in [-0.2, 0) is 19.2 Å². The van der Waals surface area contributed by atoms with Crippen molar-refractivity contribution < 1.29 is 32.3 Å². The van der Waals surface area contributed by atoms with E-state index in [4.69, 9.17) is 6.57 Å². The molecule has 1 aliphatic carbocycles. The topological polar surface area (TPSA) is 103 Å². The molecular formula is C22H30F3N5O4. The summed E-state index contributed by atoms with van der Waals surface area (Å²) >= 11 is 0. The molecule has 2 spiro atoms. The SMILES string of the molecule is [C-]#[N+][C@@H]1C[C@]2(CN1C(=O)[C@H](CC(C)C)N(C)C(=O)[C@H](C)NC(=O)C(F)(F)F)CC1(CC1)NC2=O. The molecule has 3 aliphatic rings. The van der Waals surface area contributed by atoms with Crippen LogP contribution in [0.1, 0.15) is 52.9 Å². The zero-order valence-corrected chi connectivity index (χ0v) is 19.7. The van der Waals surface area contributed by atoms with Crippen molar-refractivity contribution in [2.24, 2.45) is 11.3 Å². The highest BCUT2D eigenvalue weighted by Gasteiger charge is 2.65. The minimum atomic E-state index is -5.15. The predicted octanol–water partition coefficient (Wildman–Crippen LogP) is 1.44. The van der Waals surface area contributed by atoms with Crippen molar-refractivity contribution in [1.29, 1.82) is 0 Å². The third-order valence-corrected chi connectivity index (χ3v) is 7.00. The van der Waals surface area contributed by atoms with E-state index in [1.807, 2.05) is 13.8 Å². The highest BCUT2D eigenvalue weighted by molar-refractivity contribution is 5.94. The van der Waals surface area contributed by atoms with E-state index < -0.39 is 47.6 Å². The number of rotatable bonds is 6. The maximum atomic E-state index is 13.6. The number of likely N-dealkylation sites (N-methyl/N-ethyl adjacent to an activating group) is 1. The van der Waals surface area contributed by atoms with Crippen molar-refractivity contribution in [3.05, 3.63) is 11.4 Å². The lowest BCUT2D eigenvalue weighted by molar-refractivity contribution is -0.175. The lowest BCUT2D eigenvalue weighted by Crippen LogP contribution is -2.56. The second-order valence-corrected chi connectivity index (χ2v) is 10.3. The molecule has 2 aliphatic heterocycles. The first-order chi connectivity index (χ1) is 15.6. The quantitative estimate of drug-likeness (QED) is 0.556. The van der Waals surface area contributed by atoms with Crippen molar-refractivity contribution in [3.8, 4) is 0 Å². The van der Waals surface area contributed by atoms with E-state index in [2.05, 4.69) is 10.2 Å². The second-order valence-electron chi connectivity index (χ2n) is 10.3. The average Bonchev–Trinajstić information content (AvgIpc) is 3.28. The summed E-state index contributed by atoms with van der Waals surface area (Å²) in [5.74, 6) is -3.86. The molecule has 2 saturated heterocycles. The lowest BCUT2D eigenvalue weighted by atomic mass is 9.82. The largest absolute Gasteiger partial charge is 0.471 e. The summed E-state index contributed by atoms with van der Waals surface area (Å²) in [5, 5.41) is 4.63. The molecule has 1 saturated carbocycles. The first-order valence-electron chi connectivity index (χ1n) is 11.3. The van der Waals surface area contributed by atoms with Crippen LogP contribution in [0.25, 0.3) is 4.85 Å². The van der Waals surface area contributed by atoms with Gasteiger partial charge in [-0.25, -0.2) is 6.57 Å². The summed E-state index contributed by atoms with van der Waals surface area (Å²) in [6, 6.07) is -2.57. The fraction of sp³-hybridized carbons (Fsp3) is 0.773. The van der Waals surface area contributed by atoms with Gasteiger partial charge in [0, 0.05) is 19.1 Å². The molecule has 0 aromatic heterocycles. The number of nitrogens with zero attached hydrogens (tertiary/aromatic N) is 3. The first-order valence-corrected chi connectivity index (χ1v) is 11.3. The van der Waals surface area contributed by atoms with Crippen LogP contribution in [0.4, 0.5) is 13.2 Å². The smallest absolute Gasteiger partial charge is 0.350 e. The van der Waals surface area contributed by atoms with Gasteiger partial charge in [0.05, 0.1) is 11.8 Å². The maximum Gasteiger partial charge on any atom is 0.471 e. The van der Waals surface area contributed by atoms with Gasteiger partial charge in [-0.1, -0.05) is 13.8 Å². The fourth-order valence-electron chi connectivity index (χ4n) is 5.05. The zero-order chi connectivity index (χ0) is 25.6. The number of hydrogen-bond donors (Lipinski definition) is 2. The van der Waals surface area contributed by atoms with E-state index in [1.165, 1.54) is 11.9 Å². The van der Waals surface area contributed by atoms with E-state index in [1.54, 1.807) is 5.32 Å².